The number of aliphatic imine (C=N–C) groups is 1. The van der Waals surface area contributed by atoms with E-state index in [1.165, 1.54) is 0 Å². The standard InChI is InChI=1S/C22H39N7O/c1-3-25-22(28-14-6-18(2)20(16-28)29-15-10-24-17-29)26-9-4-5-11-27-12-7-19(8-13-27)21(23)30/h10,15,17-20H,3-9,11-14,16H2,1-2H3,(H2,23,30)(H,25,26). The number of hydrogen-bond acceptors (Lipinski definition) is 4. The molecule has 3 rings (SSSR count). The zero-order valence-corrected chi connectivity index (χ0v) is 18.7. The van der Waals surface area contributed by atoms with Crippen LogP contribution in [-0.4, -0.2) is 77.0 Å². The first kappa shape index (κ1) is 22.6. The summed E-state index contributed by atoms with van der Waals surface area (Å²) in [6, 6.07) is 0.438. The molecule has 0 aromatic carbocycles. The van der Waals surface area contributed by atoms with Gasteiger partial charge in [-0.15, -0.1) is 0 Å². The van der Waals surface area contributed by atoms with Gasteiger partial charge in [-0.3, -0.25) is 9.79 Å². The summed E-state index contributed by atoms with van der Waals surface area (Å²) >= 11 is 0. The van der Waals surface area contributed by atoms with Crippen molar-refractivity contribution in [2.45, 2.75) is 52.0 Å². The molecule has 1 aromatic rings. The number of carbonyl (C=O) groups excluding carboxylic acids is 1. The number of nitrogens with two attached hydrogens (primary N) is 1. The number of primary amides is 1. The predicted octanol–water partition coefficient (Wildman–Crippen LogP) is 1.71. The molecule has 2 unspecified atom stereocenters. The highest BCUT2D eigenvalue weighted by molar-refractivity contribution is 5.80. The van der Waals surface area contributed by atoms with Gasteiger partial charge in [-0.1, -0.05) is 6.92 Å². The van der Waals surface area contributed by atoms with Crippen molar-refractivity contribution in [1.82, 2.24) is 24.7 Å². The van der Waals surface area contributed by atoms with Crippen molar-refractivity contribution in [2.24, 2.45) is 22.6 Å². The van der Waals surface area contributed by atoms with Crippen molar-refractivity contribution in [3.05, 3.63) is 18.7 Å². The number of amides is 1. The van der Waals surface area contributed by atoms with Crippen molar-refractivity contribution < 1.29 is 4.79 Å². The molecule has 2 saturated heterocycles. The first-order valence-corrected chi connectivity index (χ1v) is 11.6. The maximum Gasteiger partial charge on any atom is 0.220 e. The Balaban J connectivity index is 1.44. The van der Waals surface area contributed by atoms with Crippen LogP contribution in [0.15, 0.2) is 23.7 Å². The first-order chi connectivity index (χ1) is 14.6. The van der Waals surface area contributed by atoms with Gasteiger partial charge in [0.15, 0.2) is 5.96 Å². The van der Waals surface area contributed by atoms with Crippen molar-refractivity contribution >= 4 is 11.9 Å². The average Bonchev–Trinajstić information content (AvgIpc) is 3.28. The van der Waals surface area contributed by atoms with Crippen LogP contribution in [-0.2, 0) is 4.79 Å². The molecule has 2 aliphatic heterocycles. The largest absolute Gasteiger partial charge is 0.369 e. The number of nitrogens with zero attached hydrogens (tertiary/aromatic N) is 5. The van der Waals surface area contributed by atoms with E-state index in [9.17, 15) is 4.79 Å². The second-order valence-corrected chi connectivity index (χ2v) is 8.75. The maximum absolute atomic E-state index is 11.3. The predicted molar refractivity (Wildman–Crippen MR) is 120 cm³/mol. The number of aromatic nitrogens is 2. The van der Waals surface area contributed by atoms with Crippen LogP contribution in [0.4, 0.5) is 0 Å². The molecule has 0 spiro atoms. The molecule has 2 atom stereocenters. The number of nitrogens with one attached hydrogen (secondary N) is 1. The molecule has 2 fully saturated rings. The van der Waals surface area contributed by atoms with E-state index in [0.29, 0.717) is 12.0 Å². The number of unbranched alkanes of at least 4 members (excludes halogenated alkanes) is 1. The van der Waals surface area contributed by atoms with Crippen LogP contribution in [0.5, 0.6) is 0 Å². The molecular weight excluding hydrogens is 378 g/mol. The quantitative estimate of drug-likeness (QED) is 0.382. The number of imidazole rings is 1. The highest BCUT2D eigenvalue weighted by Gasteiger charge is 2.29. The van der Waals surface area contributed by atoms with Gasteiger partial charge in [-0.05, 0) is 64.6 Å². The van der Waals surface area contributed by atoms with Crippen LogP contribution >= 0.6 is 0 Å². The lowest BCUT2D eigenvalue weighted by atomic mass is 9.93. The number of rotatable bonds is 8. The fourth-order valence-electron chi connectivity index (χ4n) is 4.59. The van der Waals surface area contributed by atoms with Crippen molar-refractivity contribution in [1.29, 1.82) is 0 Å². The smallest absolute Gasteiger partial charge is 0.220 e. The Morgan fingerprint density at radius 1 is 1.23 bits per heavy atom. The fraction of sp³-hybridized carbons (Fsp3) is 0.773. The van der Waals surface area contributed by atoms with Crippen LogP contribution < -0.4 is 11.1 Å². The fourth-order valence-corrected chi connectivity index (χ4v) is 4.59. The highest BCUT2D eigenvalue weighted by Crippen LogP contribution is 2.27. The van der Waals surface area contributed by atoms with Crippen LogP contribution in [0.25, 0.3) is 0 Å². The molecule has 2 aliphatic rings. The minimum absolute atomic E-state index is 0.0759. The van der Waals surface area contributed by atoms with Gasteiger partial charge in [-0.25, -0.2) is 4.98 Å². The van der Waals surface area contributed by atoms with Gasteiger partial charge in [0, 0.05) is 44.5 Å². The zero-order chi connectivity index (χ0) is 21.3. The van der Waals surface area contributed by atoms with Crippen LogP contribution in [0.3, 0.4) is 0 Å². The molecule has 0 saturated carbocycles. The van der Waals surface area contributed by atoms with E-state index in [4.69, 9.17) is 10.7 Å². The summed E-state index contributed by atoms with van der Waals surface area (Å²) in [6.45, 7) is 11.3. The summed E-state index contributed by atoms with van der Waals surface area (Å²) in [7, 11) is 0. The molecule has 8 nitrogen and oxygen atoms in total. The summed E-state index contributed by atoms with van der Waals surface area (Å²) in [4.78, 5) is 25.3. The van der Waals surface area contributed by atoms with Gasteiger partial charge in [0.1, 0.15) is 0 Å². The number of piperidine rings is 2. The molecule has 168 valence electrons. The number of guanidine groups is 1. The van der Waals surface area contributed by atoms with Crippen molar-refractivity contribution in [3.63, 3.8) is 0 Å². The van der Waals surface area contributed by atoms with Gasteiger partial charge >= 0.3 is 0 Å². The van der Waals surface area contributed by atoms with Crippen molar-refractivity contribution in [3.8, 4) is 0 Å². The van der Waals surface area contributed by atoms with E-state index in [-0.39, 0.29) is 11.8 Å². The van der Waals surface area contributed by atoms with Gasteiger partial charge in [0.2, 0.25) is 5.91 Å². The SMILES string of the molecule is CCNC(=NCCCCN1CCC(C(N)=O)CC1)N1CCC(C)C(n2ccnc2)C1. The second-order valence-electron chi connectivity index (χ2n) is 8.75. The third kappa shape index (κ3) is 6.20. The summed E-state index contributed by atoms with van der Waals surface area (Å²) in [5.74, 6) is 1.61. The minimum atomic E-state index is -0.137. The monoisotopic (exact) mass is 417 g/mol. The summed E-state index contributed by atoms with van der Waals surface area (Å²) < 4.78 is 2.24. The molecule has 0 radical (unpaired) electrons. The summed E-state index contributed by atoms with van der Waals surface area (Å²) in [5, 5.41) is 3.49. The third-order valence-electron chi connectivity index (χ3n) is 6.59. The summed E-state index contributed by atoms with van der Waals surface area (Å²) in [6.07, 6.45) is 11.1. The molecule has 3 heterocycles. The topological polar surface area (TPSA) is 91.8 Å². The van der Waals surface area contributed by atoms with E-state index < -0.39 is 0 Å². The molecule has 1 amide bonds. The summed E-state index contributed by atoms with van der Waals surface area (Å²) in [5.41, 5.74) is 5.42. The van der Waals surface area contributed by atoms with Crippen LogP contribution in [0.1, 0.15) is 52.0 Å². The average molecular weight is 418 g/mol. The number of carbonyl (C=O) groups is 1. The molecule has 8 heteroatoms. The minimum Gasteiger partial charge on any atom is -0.369 e. The van der Waals surface area contributed by atoms with Crippen LogP contribution in [0.2, 0.25) is 0 Å². The molecule has 3 N–H and O–H groups in total. The zero-order valence-electron chi connectivity index (χ0n) is 18.7. The van der Waals surface area contributed by atoms with Gasteiger partial charge in [-0.2, -0.15) is 0 Å². The Kier molecular flexibility index (Phi) is 8.54. The Hall–Kier alpha value is -2.09. The van der Waals surface area contributed by atoms with Gasteiger partial charge < -0.3 is 25.4 Å². The normalized spacial score (nSPS) is 24.2. The van der Waals surface area contributed by atoms with Crippen LogP contribution in [0, 0.1) is 11.8 Å². The Morgan fingerprint density at radius 3 is 2.70 bits per heavy atom. The van der Waals surface area contributed by atoms with Gasteiger partial charge in [0.25, 0.3) is 0 Å². The van der Waals surface area contributed by atoms with E-state index in [2.05, 4.69) is 44.7 Å². The van der Waals surface area contributed by atoms with E-state index >= 15 is 0 Å². The lowest BCUT2D eigenvalue weighted by Gasteiger charge is -2.39. The molecule has 0 bridgehead atoms. The molecule has 1 aromatic heterocycles. The molecular formula is C22H39N7O. The number of likely N-dealkylation sites (tertiary alicyclic amines) is 2. The Morgan fingerprint density at radius 2 is 2.03 bits per heavy atom. The van der Waals surface area contributed by atoms with E-state index in [1.54, 1.807) is 0 Å². The maximum atomic E-state index is 11.3. The van der Waals surface area contributed by atoms with E-state index in [0.717, 1.165) is 83.9 Å². The lowest BCUT2D eigenvalue weighted by Crippen LogP contribution is -2.49. The first-order valence-electron chi connectivity index (χ1n) is 11.6. The molecule has 30 heavy (non-hydrogen) atoms. The lowest BCUT2D eigenvalue weighted by molar-refractivity contribution is -0.123. The van der Waals surface area contributed by atoms with Crippen molar-refractivity contribution in [2.75, 3.05) is 45.8 Å². The van der Waals surface area contributed by atoms with Gasteiger partial charge in [0.05, 0.1) is 12.4 Å². The number of hydrogen-bond donors (Lipinski definition) is 2. The third-order valence-corrected chi connectivity index (χ3v) is 6.59. The molecule has 0 aliphatic carbocycles. The van der Waals surface area contributed by atoms with E-state index in [1.807, 2.05) is 12.5 Å². The Bertz CT molecular complexity index is 667. The second kappa shape index (κ2) is 11.3. The Labute approximate surface area is 180 Å². The highest BCUT2D eigenvalue weighted by atomic mass is 16.1.